The van der Waals surface area contributed by atoms with Gasteiger partial charge in [-0.1, -0.05) is 24.3 Å². The van der Waals surface area contributed by atoms with E-state index in [1.165, 1.54) is 4.88 Å². The smallest absolute Gasteiger partial charge is 0.317 e. The molecule has 0 unspecified atom stereocenters. The summed E-state index contributed by atoms with van der Waals surface area (Å²) in [4.78, 5) is 30.8. The van der Waals surface area contributed by atoms with Crippen molar-refractivity contribution < 1.29 is 4.79 Å². The van der Waals surface area contributed by atoms with Gasteiger partial charge in [-0.3, -0.25) is 9.69 Å². The van der Waals surface area contributed by atoms with Gasteiger partial charge in [0.25, 0.3) is 5.56 Å². The Balaban J connectivity index is 1.30. The molecule has 3 aromatic rings. The molecule has 3 heterocycles. The Hall–Kier alpha value is -2.64. The van der Waals surface area contributed by atoms with Crippen molar-refractivity contribution in [3.8, 4) is 0 Å². The van der Waals surface area contributed by atoms with Crippen LogP contribution in [0, 0.1) is 0 Å². The summed E-state index contributed by atoms with van der Waals surface area (Å²) >= 11 is 1.80. The molecule has 1 N–H and O–H groups in total. The van der Waals surface area contributed by atoms with Gasteiger partial charge in [-0.05, 0) is 35.4 Å². The minimum absolute atomic E-state index is 0.0672. The molecule has 0 aliphatic carbocycles. The highest BCUT2D eigenvalue weighted by Gasteiger charge is 2.21. The van der Waals surface area contributed by atoms with Gasteiger partial charge >= 0.3 is 6.03 Å². The summed E-state index contributed by atoms with van der Waals surface area (Å²) in [6.07, 6.45) is 1.06. The fraction of sp³-hybridized carbons (Fsp3) is 0.364. The van der Waals surface area contributed by atoms with Crippen LogP contribution in [0.25, 0.3) is 10.9 Å². The Morgan fingerprint density at radius 3 is 2.66 bits per heavy atom. The van der Waals surface area contributed by atoms with Crippen LogP contribution in [0.5, 0.6) is 0 Å². The first-order chi connectivity index (χ1) is 14.1. The number of aryl methyl sites for hydroxylation is 1. The van der Waals surface area contributed by atoms with E-state index in [9.17, 15) is 9.59 Å². The summed E-state index contributed by atoms with van der Waals surface area (Å²) in [5.74, 6) is 0. The van der Waals surface area contributed by atoms with E-state index in [1.54, 1.807) is 23.0 Å². The number of rotatable bonds is 5. The number of para-hydroxylation sites is 1. The van der Waals surface area contributed by atoms with Crippen LogP contribution in [0.4, 0.5) is 4.79 Å². The molecule has 0 atom stereocenters. The fourth-order valence-electron chi connectivity index (χ4n) is 3.80. The molecule has 152 valence electrons. The average molecular weight is 411 g/mol. The Labute approximate surface area is 174 Å². The molecule has 29 heavy (non-hydrogen) atoms. The van der Waals surface area contributed by atoms with E-state index >= 15 is 0 Å². The molecule has 1 fully saturated rings. The van der Waals surface area contributed by atoms with Crippen LogP contribution in [0.3, 0.4) is 0 Å². The van der Waals surface area contributed by atoms with E-state index in [1.807, 2.05) is 35.2 Å². The van der Waals surface area contributed by atoms with Crippen molar-refractivity contribution in [3.05, 3.63) is 68.6 Å². The maximum atomic E-state index is 12.6. The lowest BCUT2D eigenvalue weighted by Gasteiger charge is -2.34. The molecule has 0 saturated carbocycles. The van der Waals surface area contributed by atoms with Crippen molar-refractivity contribution in [1.29, 1.82) is 0 Å². The average Bonchev–Trinajstić information content (AvgIpc) is 3.28. The fourth-order valence-corrected chi connectivity index (χ4v) is 4.49. The molecule has 7 heteroatoms. The first-order valence-corrected chi connectivity index (χ1v) is 10.8. The molecule has 6 nitrogen and oxygen atoms in total. The minimum Gasteiger partial charge on any atom is -0.334 e. The van der Waals surface area contributed by atoms with Gasteiger partial charge in [-0.25, -0.2) is 4.79 Å². The van der Waals surface area contributed by atoms with E-state index in [0.29, 0.717) is 18.7 Å². The summed E-state index contributed by atoms with van der Waals surface area (Å²) < 4.78 is 1.64. The van der Waals surface area contributed by atoms with Crippen molar-refractivity contribution in [2.75, 3.05) is 32.7 Å². The third-order valence-electron chi connectivity index (χ3n) is 5.55. The lowest BCUT2D eigenvalue weighted by molar-refractivity contribution is 0.140. The lowest BCUT2D eigenvalue weighted by atomic mass is 10.1. The number of amides is 2. The van der Waals surface area contributed by atoms with Gasteiger partial charge in [0, 0.05) is 56.8 Å². The van der Waals surface area contributed by atoms with E-state index in [-0.39, 0.29) is 18.1 Å². The number of aromatic nitrogens is 1. The summed E-state index contributed by atoms with van der Waals surface area (Å²) in [7, 11) is 1.77. The van der Waals surface area contributed by atoms with Crippen molar-refractivity contribution in [1.82, 2.24) is 19.7 Å². The highest BCUT2D eigenvalue weighted by Crippen LogP contribution is 2.13. The zero-order chi connectivity index (χ0) is 20.2. The number of nitrogens with one attached hydrogen (secondary N) is 1. The second kappa shape index (κ2) is 8.80. The topological polar surface area (TPSA) is 57.6 Å². The number of thiophene rings is 1. The molecule has 0 bridgehead atoms. The molecule has 2 aromatic heterocycles. The first kappa shape index (κ1) is 19.7. The maximum absolute atomic E-state index is 12.6. The molecule has 1 aliphatic heterocycles. The minimum atomic E-state index is -0.0990. The van der Waals surface area contributed by atoms with Crippen LogP contribution >= 0.6 is 11.3 Å². The predicted octanol–water partition coefficient (Wildman–Crippen LogP) is 2.67. The van der Waals surface area contributed by atoms with Crippen LogP contribution in [0.2, 0.25) is 0 Å². The van der Waals surface area contributed by atoms with Gasteiger partial charge in [0.2, 0.25) is 0 Å². The van der Waals surface area contributed by atoms with Crippen molar-refractivity contribution in [2.45, 2.75) is 13.0 Å². The largest absolute Gasteiger partial charge is 0.334 e. The van der Waals surface area contributed by atoms with Gasteiger partial charge in [0.1, 0.15) is 0 Å². The van der Waals surface area contributed by atoms with Crippen LogP contribution < -0.4 is 10.9 Å². The van der Waals surface area contributed by atoms with E-state index in [2.05, 4.69) is 27.7 Å². The molecule has 1 aliphatic rings. The molecule has 4 rings (SSSR count). The lowest BCUT2D eigenvalue weighted by Crippen LogP contribution is -2.52. The van der Waals surface area contributed by atoms with Crippen LogP contribution in [0.1, 0.15) is 10.4 Å². The zero-order valence-electron chi connectivity index (χ0n) is 16.6. The molecule has 1 aromatic carbocycles. The second-order valence-electron chi connectivity index (χ2n) is 7.41. The predicted molar refractivity (Wildman–Crippen MR) is 117 cm³/mol. The summed E-state index contributed by atoms with van der Waals surface area (Å²) in [5.41, 5.74) is 1.43. The standard InChI is InChI=1S/C22H26N4O2S/c1-24-20-7-3-2-5-17(20)15-18(21(24)27)16-23-22(28)26-12-10-25(11-13-26)9-8-19-6-4-14-29-19/h2-7,14-15H,8-13,16H2,1H3,(H,23,28). The summed E-state index contributed by atoms with van der Waals surface area (Å²) in [6.45, 7) is 4.48. The van der Waals surface area contributed by atoms with Gasteiger partial charge in [-0.2, -0.15) is 0 Å². The third-order valence-corrected chi connectivity index (χ3v) is 6.49. The maximum Gasteiger partial charge on any atom is 0.317 e. The Kier molecular flexibility index (Phi) is 5.97. The number of carbonyl (C=O) groups excluding carboxylic acids is 1. The molecular weight excluding hydrogens is 384 g/mol. The third kappa shape index (κ3) is 4.52. The van der Waals surface area contributed by atoms with Gasteiger partial charge in [-0.15, -0.1) is 11.3 Å². The van der Waals surface area contributed by atoms with E-state index < -0.39 is 0 Å². The monoisotopic (exact) mass is 410 g/mol. The van der Waals surface area contributed by atoms with E-state index in [0.717, 1.165) is 37.0 Å². The van der Waals surface area contributed by atoms with Gasteiger partial charge in [0.05, 0.1) is 5.52 Å². The SMILES string of the molecule is Cn1c(=O)c(CNC(=O)N2CCN(CCc3cccs3)CC2)cc2ccccc21. The van der Waals surface area contributed by atoms with Crippen molar-refractivity contribution in [2.24, 2.45) is 7.05 Å². The van der Waals surface area contributed by atoms with Crippen LogP contribution in [-0.4, -0.2) is 53.1 Å². The number of urea groups is 1. The number of nitrogens with zero attached hydrogens (tertiary/aromatic N) is 3. The Bertz CT molecular complexity index is 1040. The number of hydrogen-bond acceptors (Lipinski definition) is 4. The van der Waals surface area contributed by atoms with Gasteiger partial charge in [0.15, 0.2) is 0 Å². The zero-order valence-corrected chi connectivity index (χ0v) is 17.5. The number of hydrogen-bond donors (Lipinski definition) is 1. The van der Waals surface area contributed by atoms with E-state index in [4.69, 9.17) is 0 Å². The summed E-state index contributed by atoms with van der Waals surface area (Å²) in [5, 5.41) is 6.04. The number of carbonyl (C=O) groups is 1. The quantitative estimate of drug-likeness (QED) is 0.704. The van der Waals surface area contributed by atoms with Crippen LogP contribution in [-0.2, 0) is 20.0 Å². The summed E-state index contributed by atoms with van der Waals surface area (Å²) in [6, 6.07) is 13.8. The molecular formula is C22H26N4O2S. The van der Waals surface area contributed by atoms with Crippen LogP contribution in [0.15, 0.2) is 52.6 Å². The highest BCUT2D eigenvalue weighted by molar-refractivity contribution is 7.09. The first-order valence-electron chi connectivity index (χ1n) is 9.97. The number of fused-ring (bicyclic) bond motifs is 1. The molecule has 2 amide bonds. The van der Waals surface area contributed by atoms with Gasteiger partial charge < -0.3 is 14.8 Å². The van der Waals surface area contributed by atoms with Crippen molar-refractivity contribution in [3.63, 3.8) is 0 Å². The Morgan fingerprint density at radius 2 is 1.90 bits per heavy atom. The highest BCUT2D eigenvalue weighted by atomic mass is 32.1. The number of pyridine rings is 1. The molecule has 1 saturated heterocycles. The number of benzene rings is 1. The number of piperazine rings is 1. The Morgan fingerprint density at radius 1 is 1.10 bits per heavy atom. The van der Waals surface area contributed by atoms with Crippen molar-refractivity contribution >= 4 is 28.3 Å². The molecule has 0 spiro atoms. The second-order valence-corrected chi connectivity index (χ2v) is 8.44. The molecule has 0 radical (unpaired) electrons. The normalized spacial score (nSPS) is 15.0.